The highest BCUT2D eigenvalue weighted by atomic mass is 19.1. The number of nitrogens with zero attached hydrogens (tertiary/aromatic N) is 1. The van der Waals surface area contributed by atoms with Crippen LogP contribution in [0.2, 0.25) is 0 Å². The zero-order valence-corrected chi connectivity index (χ0v) is 14.0. The van der Waals surface area contributed by atoms with Crippen molar-refractivity contribution in [3.05, 3.63) is 64.0 Å². The molecule has 2 aromatic rings. The molecule has 0 radical (unpaired) electrons. The third kappa shape index (κ3) is 5.00. The van der Waals surface area contributed by atoms with Crippen molar-refractivity contribution in [1.29, 1.82) is 0 Å². The average Bonchev–Trinajstić information content (AvgIpc) is 2.61. The van der Waals surface area contributed by atoms with Gasteiger partial charge in [0.15, 0.2) is 6.61 Å². The van der Waals surface area contributed by atoms with Crippen LogP contribution >= 0.6 is 0 Å². The predicted molar refractivity (Wildman–Crippen MR) is 92.3 cm³/mol. The topological polar surface area (TPSA) is 81.5 Å². The lowest BCUT2D eigenvalue weighted by Crippen LogP contribution is -2.20. The number of nitrogens with one attached hydrogen (secondary N) is 1. The van der Waals surface area contributed by atoms with Crippen molar-refractivity contribution in [1.82, 2.24) is 0 Å². The minimum Gasteiger partial charge on any atom is -0.484 e. The second kappa shape index (κ2) is 8.23. The van der Waals surface area contributed by atoms with Crippen molar-refractivity contribution < 1.29 is 18.8 Å². The first-order chi connectivity index (χ1) is 11.9. The number of amides is 1. The molecule has 1 amide bonds. The SMILES string of the molecule is CCC(C)c1ccc(OCC(=O)Nc2cc([N+](=O)[O-])ccc2F)cc1. The van der Waals surface area contributed by atoms with Crippen LogP contribution in [-0.4, -0.2) is 17.4 Å². The van der Waals surface area contributed by atoms with Crippen LogP contribution in [0.15, 0.2) is 42.5 Å². The van der Waals surface area contributed by atoms with Crippen LogP contribution in [0.1, 0.15) is 31.7 Å². The number of rotatable bonds is 7. The molecule has 1 unspecified atom stereocenters. The molecule has 132 valence electrons. The number of carbonyl (C=O) groups excluding carboxylic acids is 1. The smallest absolute Gasteiger partial charge is 0.271 e. The van der Waals surface area contributed by atoms with Gasteiger partial charge in [-0.1, -0.05) is 26.0 Å². The highest BCUT2D eigenvalue weighted by Gasteiger charge is 2.13. The van der Waals surface area contributed by atoms with Crippen molar-refractivity contribution in [3.8, 4) is 5.75 Å². The van der Waals surface area contributed by atoms with E-state index in [1.807, 2.05) is 12.1 Å². The molecule has 0 saturated heterocycles. The number of non-ortho nitro benzene ring substituents is 1. The lowest BCUT2D eigenvalue weighted by Gasteiger charge is -2.11. The van der Waals surface area contributed by atoms with Gasteiger partial charge in [0.2, 0.25) is 0 Å². The standard InChI is InChI=1S/C18H19FN2O4/c1-3-12(2)13-4-7-15(8-5-13)25-11-18(22)20-17-10-14(21(23)24)6-9-16(17)19/h4-10,12H,3,11H2,1-2H3,(H,20,22). The van der Waals surface area contributed by atoms with E-state index in [9.17, 15) is 19.3 Å². The van der Waals surface area contributed by atoms with Gasteiger partial charge < -0.3 is 10.1 Å². The number of halogens is 1. The number of benzene rings is 2. The Morgan fingerprint density at radius 1 is 1.28 bits per heavy atom. The quantitative estimate of drug-likeness (QED) is 0.600. The normalized spacial score (nSPS) is 11.6. The van der Waals surface area contributed by atoms with Gasteiger partial charge in [0, 0.05) is 12.1 Å². The Balaban J connectivity index is 1.95. The van der Waals surface area contributed by atoms with Crippen LogP contribution < -0.4 is 10.1 Å². The summed E-state index contributed by atoms with van der Waals surface area (Å²) in [6.07, 6.45) is 1.03. The summed E-state index contributed by atoms with van der Waals surface area (Å²) in [7, 11) is 0. The second-order valence-corrected chi connectivity index (χ2v) is 5.64. The van der Waals surface area contributed by atoms with Gasteiger partial charge in [-0.05, 0) is 36.1 Å². The molecule has 0 spiro atoms. The highest BCUT2D eigenvalue weighted by molar-refractivity contribution is 5.92. The summed E-state index contributed by atoms with van der Waals surface area (Å²) >= 11 is 0. The highest BCUT2D eigenvalue weighted by Crippen LogP contribution is 2.22. The first kappa shape index (κ1) is 18.4. The Bertz CT molecular complexity index is 762. The van der Waals surface area contributed by atoms with Crippen LogP contribution in [0.3, 0.4) is 0 Å². The maximum atomic E-state index is 13.6. The monoisotopic (exact) mass is 346 g/mol. The van der Waals surface area contributed by atoms with Crippen LogP contribution in [-0.2, 0) is 4.79 Å². The molecule has 0 saturated carbocycles. The van der Waals surface area contributed by atoms with E-state index in [1.54, 1.807) is 12.1 Å². The van der Waals surface area contributed by atoms with Crippen LogP contribution in [0.4, 0.5) is 15.8 Å². The van der Waals surface area contributed by atoms with E-state index in [2.05, 4.69) is 19.2 Å². The molecule has 0 heterocycles. The third-order valence-corrected chi connectivity index (χ3v) is 3.87. The molecule has 0 bridgehead atoms. The summed E-state index contributed by atoms with van der Waals surface area (Å²) in [5, 5.41) is 13.0. The number of nitro groups is 1. The molecule has 0 fully saturated rings. The van der Waals surface area contributed by atoms with E-state index in [-0.39, 0.29) is 18.0 Å². The summed E-state index contributed by atoms with van der Waals surface area (Å²) in [6, 6.07) is 10.3. The van der Waals surface area contributed by atoms with Crippen molar-refractivity contribution >= 4 is 17.3 Å². The molecule has 25 heavy (non-hydrogen) atoms. The fourth-order valence-electron chi connectivity index (χ4n) is 2.19. The fourth-order valence-corrected chi connectivity index (χ4v) is 2.19. The van der Waals surface area contributed by atoms with Crippen LogP contribution in [0.5, 0.6) is 5.75 Å². The van der Waals surface area contributed by atoms with Gasteiger partial charge in [-0.25, -0.2) is 4.39 Å². The van der Waals surface area contributed by atoms with E-state index >= 15 is 0 Å². The van der Waals surface area contributed by atoms with Crippen molar-refractivity contribution in [2.45, 2.75) is 26.2 Å². The molecule has 1 N–H and O–H groups in total. The van der Waals surface area contributed by atoms with E-state index in [0.29, 0.717) is 11.7 Å². The molecule has 2 aromatic carbocycles. The second-order valence-electron chi connectivity index (χ2n) is 5.64. The number of ether oxygens (including phenoxy) is 1. The van der Waals surface area contributed by atoms with Crippen molar-refractivity contribution in [3.63, 3.8) is 0 Å². The van der Waals surface area contributed by atoms with E-state index in [1.165, 1.54) is 5.56 Å². The molecular weight excluding hydrogens is 327 g/mol. The molecular formula is C18H19FN2O4. The van der Waals surface area contributed by atoms with E-state index in [4.69, 9.17) is 4.74 Å². The van der Waals surface area contributed by atoms with Crippen LogP contribution in [0, 0.1) is 15.9 Å². The lowest BCUT2D eigenvalue weighted by atomic mass is 9.99. The largest absolute Gasteiger partial charge is 0.484 e. The molecule has 0 aromatic heterocycles. The molecule has 0 aliphatic carbocycles. The summed E-state index contributed by atoms with van der Waals surface area (Å²) in [5.41, 5.74) is 0.617. The first-order valence-corrected chi connectivity index (χ1v) is 7.87. The van der Waals surface area contributed by atoms with Gasteiger partial charge in [-0.3, -0.25) is 14.9 Å². The van der Waals surface area contributed by atoms with Crippen LogP contribution in [0.25, 0.3) is 0 Å². The molecule has 2 rings (SSSR count). The van der Waals surface area contributed by atoms with E-state index < -0.39 is 16.6 Å². The zero-order valence-electron chi connectivity index (χ0n) is 14.0. The first-order valence-electron chi connectivity index (χ1n) is 7.87. The minimum atomic E-state index is -0.753. The number of hydrogen-bond donors (Lipinski definition) is 1. The number of nitro benzene ring substituents is 1. The Morgan fingerprint density at radius 3 is 2.56 bits per heavy atom. The van der Waals surface area contributed by atoms with Gasteiger partial charge in [0.1, 0.15) is 11.6 Å². The van der Waals surface area contributed by atoms with Gasteiger partial charge >= 0.3 is 0 Å². The Labute approximate surface area is 144 Å². The number of anilines is 1. The number of hydrogen-bond acceptors (Lipinski definition) is 4. The summed E-state index contributed by atoms with van der Waals surface area (Å²) < 4.78 is 19.0. The Hall–Kier alpha value is -2.96. The maximum absolute atomic E-state index is 13.6. The van der Waals surface area contributed by atoms with Gasteiger partial charge in [-0.2, -0.15) is 0 Å². The maximum Gasteiger partial charge on any atom is 0.271 e. The lowest BCUT2D eigenvalue weighted by molar-refractivity contribution is -0.384. The third-order valence-electron chi connectivity index (χ3n) is 3.87. The van der Waals surface area contributed by atoms with Crippen molar-refractivity contribution in [2.75, 3.05) is 11.9 Å². The summed E-state index contributed by atoms with van der Waals surface area (Å²) in [6.45, 7) is 3.90. The molecule has 0 aliphatic rings. The summed E-state index contributed by atoms with van der Waals surface area (Å²) in [4.78, 5) is 21.9. The van der Waals surface area contributed by atoms with Gasteiger partial charge in [-0.15, -0.1) is 0 Å². The minimum absolute atomic E-state index is 0.255. The average molecular weight is 346 g/mol. The van der Waals surface area contributed by atoms with Crippen molar-refractivity contribution in [2.24, 2.45) is 0 Å². The fraction of sp³-hybridized carbons (Fsp3) is 0.278. The Kier molecular flexibility index (Phi) is 6.05. The zero-order chi connectivity index (χ0) is 18.4. The molecule has 6 nitrogen and oxygen atoms in total. The van der Waals surface area contributed by atoms with Gasteiger partial charge in [0.05, 0.1) is 10.6 Å². The predicted octanol–water partition coefficient (Wildman–Crippen LogP) is 4.26. The summed E-state index contributed by atoms with van der Waals surface area (Å²) in [5.74, 6) is -0.404. The Morgan fingerprint density at radius 2 is 1.96 bits per heavy atom. The molecule has 0 aliphatic heterocycles. The van der Waals surface area contributed by atoms with E-state index in [0.717, 1.165) is 24.6 Å². The molecule has 7 heteroatoms. The molecule has 1 atom stereocenters. The van der Waals surface area contributed by atoms with Gasteiger partial charge in [0.25, 0.3) is 11.6 Å². The number of carbonyl (C=O) groups is 1.